The SMILES string of the molecule is C/C(=C\C(=O)Nc1ccccc1C(=O)NCC(F)(F)F)c1ccc(F)cc1. The zero-order chi connectivity index (χ0) is 20.0. The molecule has 0 unspecified atom stereocenters. The van der Waals surface area contributed by atoms with Crippen molar-refractivity contribution in [3.05, 3.63) is 71.6 Å². The maximum atomic E-state index is 12.9. The van der Waals surface area contributed by atoms with Crippen LogP contribution in [0.25, 0.3) is 5.57 Å². The molecule has 2 amide bonds. The number of anilines is 1. The van der Waals surface area contributed by atoms with Gasteiger partial charge in [-0.3, -0.25) is 9.59 Å². The Morgan fingerprint density at radius 1 is 1.04 bits per heavy atom. The number of hydrogen-bond acceptors (Lipinski definition) is 2. The van der Waals surface area contributed by atoms with Gasteiger partial charge in [0.25, 0.3) is 5.91 Å². The van der Waals surface area contributed by atoms with Gasteiger partial charge in [0.2, 0.25) is 5.91 Å². The van der Waals surface area contributed by atoms with Crippen LogP contribution in [0.2, 0.25) is 0 Å². The van der Waals surface area contributed by atoms with Crippen molar-refractivity contribution in [3.63, 3.8) is 0 Å². The first kappa shape index (κ1) is 20.2. The Labute approximate surface area is 152 Å². The normalized spacial score (nSPS) is 11.8. The van der Waals surface area contributed by atoms with E-state index in [1.807, 2.05) is 0 Å². The maximum Gasteiger partial charge on any atom is 0.405 e. The number of amides is 2. The Hall–Kier alpha value is -3.16. The largest absolute Gasteiger partial charge is 0.405 e. The first-order chi connectivity index (χ1) is 12.7. The molecule has 0 aliphatic rings. The summed E-state index contributed by atoms with van der Waals surface area (Å²) < 4.78 is 49.7. The highest BCUT2D eigenvalue weighted by Gasteiger charge is 2.28. The molecule has 27 heavy (non-hydrogen) atoms. The Balaban J connectivity index is 2.12. The third kappa shape index (κ3) is 6.25. The van der Waals surface area contributed by atoms with Gasteiger partial charge in [0.05, 0.1) is 11.3 Å². The van der Waals surface area contributed by atoms with Gasteiger partial charge in [0, 0.05) is 6.08 Å². The molecule has 0 aliphatic carbocycles. The predicted molar refractivity (Wildman–Crippen MR) is 93.5 cm³/mol. The van der Waals surface area contributed by atoms with Crippen molar-refractivity contribution in [1.29, 1.82) is 0 Å². The van der Waals surface area contributed by atoms with Gasteiger partial charge in [0.1, 0.15) is 12.4 Å². The van der Waals surface area contributed by atoms with Crippen LogP contribution in [0.4, 0.5) is 23.2 Å². The van der Waals surface area contributed by atoms with Crippen LogP contribution in [0.1, 0.15) is 22.8 Å². The number of hydrogen-bond donors (Lipinski definition) is 2. The number of benzene rings is 2. The van der Waals surface area contributed by atoms with Crippen molar-refractivity contribution in [3.8, 4) is 0 Å². The van der Waals surface area contributed by atoms with Crippen LogP contribution in [0, 0.1) is 5.82 Å². The van der Waals surface area contributed by atoms with E-state index in [4.69, 9.17) is 0 Å². The van der Waals surface area contributed by atoms with Gasteiger partial charge >= 0.3 is 6.18 Å². The van der Waals surface area contributed by atoms with Gasteiger partial charge in [-0.25, -0.2) is 4.39 Å². The molecule has 0 atom stereocenters. The van der Waals surface area contributed by atoms with E-state index in [2.05, 4.69) is 5.32 Å². The van der Waals surface area contributed by atoms with Crippen molar-refractivity contribution >= 4 is 23.1 Å². The average Bonchev–Trinajstić information content (AvgIpc) is 2.60. The molecule has 0 fully saturated rings. The summed E-state index contributed by atoms with van der Waals surface area (Å²) in [5, 5.41) is 4.23. The van der Waals surface area contributed by atoms with Crippen molar-refractivity contribution in [1.82, 2.24) is 5.32 Å². The van der Waals surface area contributed by atoms with Gasteiger partial charge < -0.3 is 10.6 Å². The number of carbonyl (C=O) groups is 2. The van der Waals surface area contributed by atoms with E-state index < -0.39 is 30.4 Å². The number of alkyl halides is 3. The van der Waals surface area contributed by atoms with Gasteiger partial charge in [0.15, 0.2) is 0 Å². The van der Waals surface area contributed by atoms with Crippen molar-refractivity contribution in [2.24, 2.45) is 0 Å². The van der Waals surface area contributed by atoms with Crippen LogP contribution < -0.4 is 10.6 Å². The Bertz CT molecular complexity index is 859. The lowest BCUT2D eigenvalue weighted by Gasteiger charge is -2.12. The number of para-hydroxylation sites is 1. The van der Waals surface area contributed by atoms with E-state index in [1.165, 1.54) is 54.6 Å². The van der Waals surface area contributed by atoms with E-state index >= 15 is 0 Å². The van der Waals surface area contributed by atoms with Crippen LogP contribution in [0.15, 0.2) is 54.6 Å². The molecule has 0 saturated carbocycles. The predicted octanol–water partition coefficient (Wildman–Crippen LogP) is 4.16. The number of nitrogens with one attached hydrogen (secondary N) is 2. The summed E-state index contributed by atoms with van der Waals surface area (Å²) in [5.74, 6) is -1.94. The third-order valence-electron chi connectivity index (χ3n) is 3.53. The zero-order valence-corrected chi connectivity index (χ0v) is 14.2. The van der Waals surface area contributed by atoms with E-state index in [1.54, 1.807) is 12.2 Å². The Kier molecular flexibility index (Phi) is 6.33. The lowest BCUT2D eigenvalue weighted by Crippen LogP contribution is -2.34. The summed E-state index contributed by atoms with van der Waals surface area (Å²) >= 11 is 0. The number of carbonyl (C=O) groups excluding carboxylic acids is 2. The topological polar surface area (TPSA) is 58.2 Å². The summed E-state index contributed by atoms with van der Waals surface area (Å²) in [7, 11) is 0. The highest BCUT2D eigenvalue weighted by atomic mass is 19.4. The van der Waals surface area contributed by atoms with E-state index in [-0.39, 0.29) is 11.3 Å². The summed E-state index contributed by atoms with van der Waals surface area (Å²) in [6.45, 7) is 0.173. The van der Waals surface area contributed by atoms with Crippen LogP contribution in [-0.4, -0.2) is 24.5 Å². The summed E-state index contributed by atoms with van der Waals surface area (Å²) in [5.41, 5.74) is 1.16. The van der Waals surface area contributed by atoms with Gasteiger partial charge in [-0.05, 0) is 42.3 Å². The Morgan fingerprint density at radius 3 is 2.30 bits per heavy atom. The van der Waals surface area contributed by atoms with Crippen LogP contribution in [0.3, 0.4) is 0 Å². The molecule has 2 aromatic rings. The van der Waals surface area contributed by atoms with Crippen molar-refractivity contribution in [2.45, 2.75) is 13.1 Å². The molecule has 0 heterocycles. The number of halogens is 4. The molecule has 0 radical (unpaired) electrons. The lowest BCUT2D eigenvalue weighted by atomic mass is 10.1. The monoisotopic (exact) mass is 380 g/mol. The molecule has 2 aromatic carbocycles. The number of rotatable bonds is 5. The third-order valence-corrected chi connectivity index (χ3v) is 3.53. The van der Waals surface area contributed by atoms with Gasteiger partial charge in [-0.2, -0.15) is 13.2 Å². The second kappa shape index (κ2) is 8.48. The summed E-state index contributed by atoms with van der Waals surface area (Å²) in [4.78, 5) is 24.1. The standard InChI is InChI=1S/C19H16F4N2O2/c1-12(13-6-8-14(20)9-7-13)10-17(26)25-16-5-3-2-4-15(16)18(27)24-11-19(21,22)23/h2-10H,11H2,1H3,(H,24,27)(H,25,26)/b12-10+. The van der Waals surface area contributed by atoms with E-state index in [0.717, 1.165) is 0 Å². The van der Waals surface area contributed by atoms with Gasteiger partial charge in [-0.1, -0.05) is 24.3 Å². The molecule has 2 rings (SSSR count). The minimum absolute atomic E-state index is 0.0744. The fraction of sp³-hybridized carbons (Fsp3) is 0.158. The average molecular weight is 380 g/mol. The second-order valence-electron chi connectivity index (χ2n) is 5.67. The first-order valence-electron chi connectivity index (χ1n) is 7.85. The van der Waals surface area contributed by atoms with Crippen LogP contribution in [0.5, 0.6) is 0 Å². The molecule has 0 aliphatic heterocycles. The maximum absolute atomic E-state index is 12.9. The molecule has 4 nitrogen and oxygen atoms in total. The highest BCUT2D eigenvalue weighted by molar-refractivity contribution is 6.08. The molecule has 0 saturated heterocycles. The highest BCUT2D eigenvalue weighted by Crippen LogP contribution is 2.18. The molecule has 0 spiro atoms. The molecular weight excluding hydrogens is 364 g/mol. The fourth-order valence-corrected chi connectivity index (χ4v) is 2.23. The van der Waals surface area contributed by atoms with E-state index in [9.17, 15) is 27.2 Å². The van der Waals surface area contributed by atoms with Crippen LogP contribution >= 0.6 is 0 Å². The minimum atomic E-state index is -4.54. The lowest BCUT2D eigenvalue weighted by molar-refractivity contribution is -0.123. The molecule has 8 heteroatoms. The molecule has 0 bridgehead atoms. The number of allylic oxidation sites excluding steroid dienone is 1. The second-order valence-corrected chi connectivity index (χ2v) is 5.67. The first-order valence-corrected chi connectivity index (χ1v) is 7.85. The van der Waals surface area contributed by atoms with E-state index in [0.29, 0.717) is 11.1 Å². The van der Waals surface area contributed by atoms with Crippen molar-refractivity contribution in [2.75, 3.05) is 11.9 Å². The zero-order valence-electron chi connectivity index (χ0n) is 14.2. The molecule has 142 valence electrons. The molecule has 2 N–H and O–H groups in total. The fourth-order valence-electron chi connectivity index (χ4n) is 2.23. The quantitative estimate of drug-likeness (QED) is 0.605. The summed E-state index contributed by atoms with van der Waals surface area (Å²) in [6, 6.07) is 11.2. The smallest absolute Gasteiger partial charge is 0.343 e. The Morgan fingerprint density at radius 2 is 1.67 bits per heavy atom. The molecule has 0 aromatic heterocycles. The summed E-state index contributed by atoms with van der Waals surface area (Å²) in [6.07, 6.45) is -3.29. The van der Waals surface area contributed by atoms with Gasteiger partial charge in [-0.15, -0.1) is 0 Å². The van der Waals surface area contributed by atoms with Crippen molar-refractivity contribution < 1.29 is 27.2 Å². The minimum Gasteiger partial charge on any atom is -0.343 e. The van der Waals surface area contributed by atoms with Crippen LogP contribution in [-0.2, 0) is 4.79 Å². The molecular formula is C19H16F4N2O2.